The summed E-state index contributed by atoms with van der Waals surface area (Å²) in [6.45, 7) is 0.657. The lowest BCUT2D eigenvalue weighted by Gasteiger charge is -2.37. The van der Waals surface area contributed by atoms with Gasteiger partial charge >= 0.3 is 5.97 Å². The fourth-order valence-electron chi connectivity index (χ4n) is 4.57. The van der Waals surface area contributed by atoms with Crippen LogP contribution in [0.25, 0.3) is 0 Å². The first-order valence-corrected chi connectivity index (χ1v) is 12.0. The van der Waals surface area contributed by atoms with Gasteiger partial charge in [-0.3, -0.25) is 4.79 Å². The van der Waals surface area contributed by atoms with Crippen molar-refractivity contribution >= 4 is 11.9 Å². The first kappa shape index (κ1) is 26.7. The van der Waals surface area contributed by atoms with Gasteiger partial charge in [-0.15, -0.1) is 0 Å². The van der Waals surface area contributed by atoms with Crippen molar-refractivity contribution in [3.8, 4) is 28.7 Å². The summed E-state index contributed by atoms with van der Waals surface area (Å²) >= 11 is 0. The number of fused-ring (bicyclic) bond motifs is 1. The smallest absolute Gasteiger partial charge is 0.337 e. The number of hydrogen-bond acceptors (Lipinski definition) is 8. The molecule has 200 valence electrons. The maximum Gasteiger partial charge on any atom is 0.337 e. The van der Waals surface area contributed by atoms with Gasteiger partial charge in [-0.1, -0.05) is 0 Å². The molecule has 0 N–H and O–H groups in total. The number of benzene rings is 3. The molecule has 3 aromatic rings. The predicted molar refractivity (Wildman–Crippen MR) is 140 cm³/mol. The van der Waals surface area contributed by atoms with Gasteiger partial charge < -0.3 is 33.3 Å². The standard InChI is InChI=1S/C29H31NO8/c1-33-24-11-8-20(15-25(24)34-2)28(31)30-13-12-19-14-26(35-3)27(36-4)16-22(19)23(30)17-38-21-9-6-18(7-10-21)29(32)37-5/h6-11,14-16,23H,12-13,17H2,1-5H3/t23-/m0/s1. The van der Waals surface area contributed by atoms with Crippen LogP contribution in [-0.2, 0) is 11.2 Å². The van der Waals surface area contributed by atoms with Crippen molar-refractivity contribution < 1.29 is 38.0 Å². The number of methoxy groups -OCH3 is 5. The molecule has 0 saturated carbocycles. The van der Waals surface area contributed by atoms with Crippen LogP contribution in [0.3, 0.4) is 0 Å². The Morgan fingerprint density at radius 2 is 1.37 bits per heavy atom. The molecule has 0 unspecified atom stereocenters. The Morgan fingerprint density at radius 3 is 2.00 bits per heavy atom. The van der Waals surface area contributed by atoms with Gasteiger partial charge in [0, 0.05) is 12.1 Å². The number of carbonyl (C=O) groups excluding carboxylic acids is 2. The van der Waals surface area contributed by atoms with Gasteiger partial charge in [-0.25, -0.2) is 4.79 Å². The van der Waals surface area contributed by atoms with E-state index in [4.69, 9.17) is 28.4 Å². The summed E-state index contributed by atoms with van der Waals surface area (Å²) in [6.07, 6.45) is 0.638. The average Bonchev–Trinajstić information content (AvgIpc) is 2.97. The lowest BCUT2D eigenvalue weighted by atomic mass is 9.91. The molecule has 1 heterocycles. The van der Waals surface area contributed by atoms with E-state index in [0.717, 1.165) is 11.1 Å². The zero-order chi connectivity index (χ0) is 27.2. The number of amides is 1. The summed E-state index contributed by atoms with van der Waals surface area (Å²) in [5.74, 6) is 2.18. The largest absolute Gasteiger partial charge is 0.493 e. The summed E-state index contributed by atoms with van der Waals surface area (Å²) < 4.78 is 32.7. The van der Waals surface area contributed by atoms with Crippen molar-refractivity contribution in [3.63, 3.8) is 0 Å². The molecule has 1 aliphatic heterocycles. The molecular formula is C29H31NO8. The minimum atomic E-state index is -0.425. The Balaban J connectivity index is 1.68. The van der Waals surface area contributed by atoms with Crippen LogP contribution in [0.4, 0.5) is 0 Å². The summed E-state index contributed by atoms with van der Waals surface area (Å²) in [7, 11) is 7.59. The maximum absolute atomic E-state index is 13.8. The quantitative estimate of drug-likeness (QED) is 0.385. The molecule has 0 saturated heterocycles. The van der Waals surface area contributed by atoms with E-state index < -0.39 is 12.0 Å². The maximum atomic E-state index is 13.8. The highest BCUT2D eigenvalue weighted by Crippen LogP contribution is 2.39. The van der Waals surface area contributed by atoms with Crippen molar-refractivity contribution in [2.45, 2.75) is 12.5 Å². The average molecular weight is 522 g/mol. The molecule has 1 amide bonds. The van der Waals surface area contributed by atoms with Crippen molar-refractivity contribution in [1.82, 2.24) is 4.90 Å². The minimum absolute atomic E-state index is 0.166. The fraction of sp³-hybridized carbons (Fsp3) is 0.310. The molecule has 4 rings (SSSR count). The Bertz CT molecular complexity index is 1300. The van der Waals surface area contributed by atoms with Crippen LogP contribution in [0, 0.1) is 0 Å². The van der Waals surface area contributed by atoms with E-state index in [2.05, 4.69) is 0 Å². The second-order valence-corrected chi connectivity index (χ2v) is 8.57. The molecule has 38 heavy (non-hydrogen) atoms. The highest BCUT2D eigenvalue weighted by Gasteiger charge is 2.33. The fourth-order valence-corrected chi connectivity index (χ4v) is 4.57. The molecule has 9 heteroatoms. The first-order chi connectivity index (χ1) is 18.4. The monoisotopic (exact) mass is 521 g/mol. The number of nitrogens with zero attached hydrogens (tertiary/aromatic N) is 1. The van der Waals surface area contributed by atoms with Crippen molar-refractivity contribution in [3.05, 3.63) is 76.9 Å². The third-order valence-electron chi connectivity index (χ3n) is 6.58. The van der Waals surface area contributed by atoms with Gasteiger partial charge in [-0.05, 0) is 72.1 Å². The van der Waals surface area contributed by atoms with Gasteiger partial charge in [0.25, 0.3) is 5.91 Å². The number of ether oxygens (including phenoxy) is 6. The van der Waals surface area contributed by atoms with Crippen LogP contribution in [0.1, 0.15) is 37.9 Å². The van der Waals surface area contributed by atoms with Crippen molar-refractivity contribution in [1.29, 1.82) is 0 Å². The van der Waals surface area contributed by atoms with E-state index >= 15 is 0 Å². The zero-order valence-corrected chi connectivity index (χ0v) is 22.1. The van der Waals surface area contributed by atoms with Crippen molar-refractivity contribution in [2.24, 2.45) is 0 Å². The molecular weight excluding hydrogens is 490 g/mol. The molecule has 9 nitrogen and oxygen atoms in total. The Morgan fingerprint density at radius 1 is 0.763 bits per heavy atom. The van der Waals surface area contributed by atoms with E-state index in [1.165, 1.54) is 14.2 Å². The van der Waals surface area contributed by atoms with Gasteiger partial charge in [0.2, 0.25) is 0 Å². The van der Waals surface area contributed by atoms with Crippen molar-refractivity contribution in [2.75, 3.05) is 48.7 Å². The lowest BCUT2D eigenvalue weighted by molar-refractivity contribution is 0.0582. The van der Waals surface area contributed by atoms with Crippen LogP contribution in [-0.4, -0.2) is 65.5 Å². The van der Waals surface area contributed by atoms with E-state index in [9.17, 15) is 9.59 Å². The summed E-state index contributed by atoms with van der Waals surface area (Å²) in [5, 5.41) is 0. The van der Waals surface area contributed by atoms with Crippen LogP contribution in [0.5, 0.6) is 28.7 Å². The van der Waals surface area contributed by atoms with Crippen LogP contribution in [0.2, 0.25) is 0 Å². The topological polar surface area (TPSA) is 92.8 Å². The molecule has 1 atom stereocenters. The number of carbonyl (C=O) groups is 2. The molecule has 0 bridgehead atoms. The lowest BCUT2D eigenvalue weighted by Crippen LogP contribution is -2.42. The highest BCUT2D eigenvalue weighted by molar-refractivity contribution is 5.95. The SMILES string of the molecule is COC(=O)c1ccc(OC[C@H]2c3cc(OC)c(OC)cc3CCN2C(=O)c2ccc(OC)c(OC)c2)cc1. The van der Waals surface area contributed by atoms with E-state index in [-0.39, 0.29) is 12.5 Å². The third-order valence-corrected chi connectivity index (χ3v) is 6.58. The third kappa shape index (κ3) is 5.32. The Kier molecular flexibility index (Phi) is 8.25. The molecule has 0 fully saturated rings. The Hall–Kier alpha value is -4.40. The van der Waals surface area contributed by atoms with E-state index in [1.54, 1.807) is 68.7 Å². The number of hydrogen-bond donors (Lipinski definition) is 0. The first-order valence-electron chi connectivity index (χ1n) is 12.0. The van der Waals surface area contributed by atoms with Crippen LogP contribution >= 0.6 is 0 Å². The minimum Gasteiger partial charge on any atom is -0.493 e. The van der Waals surface area contributed by atoms with Gasteiger partial charge in [0.1, 0.15) is 12.4 Å². The summed E-state index contributed by atoms with van der Waals surface area (Å²) in [4.78, 5) is 27.4. The van der Waals surface area contributed by atoms with Gasteiger partial charge in [0.15, 0.2) is 23.0 Å². The van der Waals surface area contributed by atoms with E-state index in [0.29, 0.717) is 52.8 Å². The molecule has 0 aromatic heterocycles. The second-order valence-electron chi connectivity index (χ2n) is 8.57. The zero-order valence-electron chi connectivity index (χ0n) is 22.1. The van der Waals surface area contributed by atoms with E-state index in [1.807, 2.05) is 12.1 Å². The molecule has 3 aromatic carbocycles. The molecule has 0 radical (unpaired) electrons. The molecule has 1 aliphatic rings. The number of rotatable bonds is 9. The van der Waals surface area contributed by atoms with Crippen LogP contribution < -0.4 is 23.7 Å². The number of esters is 1. The second kappa shape index (κ2) is 11.8. The normalized spacial score (nSPS) is 14.2. The molecule has 0 spiro atoms. The van der Waals surface area contributed by atoms with Gasteiger partial charge in [0.05, 0.1) is 47.2 Å². The summed E-state index contributed by atoms with van der Waals surface area (Å²) in [5.41, 5.74) is 2.85. The van der Waals surface area contributed by atoms with Gasteiger partial charge in [-0.2, -0.15) is 0 Å². The van der Waals surface area contributed by atoms with Crippen LogP contribution in [0.15, 0.2) is 54.6 Å². The summed E-state index contributed by atoms with van der Waals surface area (Å²) in [6, 6.07) is 15.2. The highest BCUT2D eigenvalue weighted by atomic mass is 16.5. The Labute approximate surface area is 221 Å². The predicted octanol–water partition coefficient (Wildman–Crippen LogP) is 4.33. The molecule has 0 aliphatic carbocycles.